The zero-order valence-electron chi connectivity index (χ0n) is 9.99. The fraction of sp³-hybridized carbons (Fsp3) is 0.455. The minimum Gasteiger partial charge on any atom is -0.477 e. The van der Waals surface area contributed by atoms with Crippen molar-refractivity contribution in [1.82, 2.24) is 9.97 Å². The molecule has 0 aliphatic heterocycles. The third-order valence-electron chi connectivity index (χ3n) is 2.35. The van der Waals surface area contributed by atoms with Gasteiger partial charge in [0.1, 0.15) is 4.83 Å². The number of hydrazine groups is 1. The summed E-state index contributed by atoms with van der Waals surface area (Å²) >= 11 is 1.61. The fourth-order valence-corrected chi connectivity index (χ4v) is 2.37. The lowest BCUT2D eigenvalue weighted by Gasteiger charge is -2.06. The van der Waals surface area contributed by atoms with Crippen LogP contribution in [0.25, 0.3) is 10.2 Å². The van der Waals surface area contributed by atoms with E-state index in [1.54, 1.807) is 11.3 Å². The topological polar surface area (TPSA) is 73.1 Å². The molecule has 0 aliphatic rings. The maximum Gasteiger partial charge on any atom is 0.241 e. The molecule has 0 fully saturated rings. The first-order valence-electron chi connectivity index (χ1n) is 5.62. The van der Waals surface area contributed by atoms with Gasteiger partial charge in [0.25, 0.3) is 0 Å². The molecule has 2 rings (SSSR count). The minimum atomic E-state index is 0.394. The van der Waals surface area contributed by atoms with Gasteiger partial charge in [-0.15, -0.1) is 11.3 Å². The largest absolute Gasteiger partial charge is 0.477 e. The minimum absolute atomic E-state index is 0.394. The van der Waals surface area contributed by atoms with Crippen LogP contribution >= 0.6 is 11.3 Å². The summed E-state index contributed by atoms with van der Waals surface area (Å²) in [6.45, 7) is 4.83. The Morgan fingerprint density at radius 1 is 1.47 bits per heavy atom. The predicted molar refractivity (Wildman–Crippen MR) is 70.4 cm³/mol. The molecule has 0 saturated carbocycles. The highest BCUT2D eigenvalue weighted by Crippen LogP contribution is 2.30. The number of unbranched alkanes of at least 4 members (excludes halogenated alkanes) is 1. The number of aromatic nitrogens is 2. The van der Waals surface area contributed by atoms with Crippen molar-refractivity contribution >= 4 is 27.5 Å². The number of thiophene rings is 1. The van der Waals surface area contributed by atoms with Crippen LogP contribution in [0.4, 0.5) is 5.95 Å². The Morgan fingerprint density at radius 2 is 2.29 bits per heavy atom. The average Bonchev–Trinajstić information content (AvgIpc) is 2.69. The van der Waals surface area contributed by atoms with Gasteiger partial charge in [-0.25, -0.2) is 10.8 Å². The molecule has 2 aromatic heterocycles. The first-order chi connectivity index (χ1) is 8.24. The molecule has 0 unspecified atom stereocenters. The summed E-state index contributed by atoms with van der Waals surface area (Å²) in [5.74, 6) is 6.35. The molecular formula is C11H16N4OS. The quantitative estimate of drug-likeness (QED) is 0.486. The third-order valence-corrected chi connectivity index (χ3v) is 3.29. The molecule has 0 aliphatic carbocycles. The van der Waals surface area contributed by atoms with Crippen LogP contribution in [-0.4, -0.2) is 16.6 Å². The highest BCUT2D eigenvalue weighted by atomic mass is 32.1. The Bertz CT molecular complexity index is 511. The van der Waals surface area contributed by atoms with Crippen molar-refractivity contribution in [2.75, 3.05) is 12.0 Å². The maximum atomic E-state index is 5.68. The van der Waals surface area contributed by atoms with E-state index in [0.717, 1.165) is 23.1 Å². The SMILES string of the molecule is CCCCOc1nc(NN)nc2sc(C)cc12. The fourth-order valence-electron chi connectivity index (χ4n) is 1.50. The van der Waals surface area contributed by atoms with Gasteiger partial charge in [0.2, 0.25) is 11.8 Å². The van der Waals surface area contributed by atoms with Crippen molar-refractivity contribution in [2.24, 2.45) is 5.84 Å². The molecule has 6 heteroatoms. The van der Waals surface area contributed by atoms with E-state index in [1.165, 1.54) is 4.88 Å². The van der Waals surface area contributed by atoms with Gasteiger partial charge < -0.3 is 4.74 Å². The van der Waals surface area contributed by atoms with Crippen molar-refractivity contribution in [3.8, 4) is 5.88 Å². The molecular weight excluding hydrogens is 236 g/mol. The first-order valence-corrected chi connectivity index (χ1v) is 6.44. The maximum absolute atomic E-state index is 5.68. The average molecular weight is 252 g/mol. The van der Waals surface area contributed by atoms with E-state index in [2.05, 4.69) is 22.3 Å². The third kappa shape index (κ3) is 2.65. The lowest BCUT2D eigenvalue weighted by Crippen LogP contribution is -2.11. The number of hydrogen-bond donors (Lipinski definition) is 2. The van der Waals surface area contributed by atoms with E-state index in [0.29, 0.717) is 18.4 Å². The van der Waals surface area contributed by atoms with Gasteiger partial charge in [-0.2, -0.15) is 4.98 Å². The molecule has 5 nitrogen and oxygen atoms in total. The van der Waals surface area contributed by atoms with Crippen LogP contribution in [0.15, 0.2) is 6.07 Å². The van der Waals surface area contributed by atoms with Crippen LogP contribution in [0, 0.1) is 6.92 Å². The summed E-state index contributed by atoms with van der Waals surface area (Å²) in [7, 11) is 0. The van der Waals surface area contributed by atoms with Crippen LogP contribution in [-0.2, 0) is 0 Å². The molecule has 92 valence electrons. The molecule has 0 saturated heterocycles. The van der Waals surface area contributed by atoms with Gasteiger partial charge in [0, 0.05) is 4.88 Å². The van der Waals surface area contributed by atoms with E-state index >= 15 is 0 Å². The van der Waals surface area contributed by atoms with Gasteiger partial charge in [0.05, 0.1) is 12.0 Å². The van der Waals surface area contributed by atoms with Crippen molar-refractivity contribution in [1.29, 1.82) is 0 Å². The smallest absolute Gasteiger partial charge is 0.241 e. The molecule has 3 N–H and O–H groups in total. The predicted octanol–water partition coefficient (Wildman–Crippen LogP) is 2.46. The van der Waals surface area contributed by atoms with E-state index in [-0.39, 0.29) is 0 Å². The summed E-state index contributed by atoms with van der Waals surface area (Å²) in [5, 5.41) is 0.961. The lowest BCUT2D eigenvalue weighted by molar-refractivity contribution is 0.302. The first kappa shape index (κ1) is 12.1. The number of nitrogens with two attached hydrogens (primary N) is 1. The number of ether oxygens (including phenoxy) is 1. The van der Waals surface area contributed by atoms with Gasteiger partial charge in [-0.3, -0.25) is 5.43 Å². The Hall–Kier alpha value is -1.40. The van der Waals surface area contributed by atoms with Crippen LogP contribution in [0.2, 0.25) is 0 Å². The standard InChI is InChI=1S/C11H16N4OS/c1-3-4-5-16-9-8-6-7(2)17-10(8)14-11(13-9)15-12/h6H,3-5,12H2,1-2H3,(H,13,14,15). The van der Waals surface area contributed by atoms with E-state index in [4.69, 9.17) is 10.6 Å². The molecule has 0 spiro atoms. The molecule has 17 heavy (non-hydrogen) atoms. The van der Waals surface area contributed by atoms with Gasteiger partial charge in [-0.1, -0.05) is 13.3 Å². The number of hydrogen-bond acceptors (Lipinski definition) is 6. The number of rotatable bonds is 5. The van der Waals surface area contributed by atoms with Crippen molar-refractivity contribution < 1.29 is 4.74 Å². The Kier molecular flexibility index (Phi) is 3.75. The van der Waals surface area contributed by atoms with Gasteiger partial charge in [0.15, 0.2) is 0 Å². The summed E-state index contributed by atoms with van der Waals surface area (Å²) in [4.78, 5) is 10.6. The van der Waals surface area contributed by atoms with Crippen LogP contribution in [0.1, 0.15) is 24.6 Å². The van der Waals surface area contributed by atoms with Gasteiger partial charge >= 0.3 is 0 Å². The lowest BCUT2D eigenvalue weighted by atomic mass is 10.3. The second kappa shape index (κ2) is 5.29. The molecule has 0 aromatic carbocycles. The van der Waals surface area contributed by atoms with Crippen molar-refractivity contribution in [3.63, 3.8) is 0 Å². The highest BCUT2D eigenvalue weighted by molar-refractivity contribution is 7.18. The van der Waals surface area contributed by atoms with Gasteiger partial charge in [-0.05, 0) is 19.4 Å². The number of fused-ring (bicyclic) bond motifs is 1. The zero-order chi connectivity index (χ0) is 12.3. The molecule has 0 amide bonds. The van der Waals surface area contributed by atoms with Crippen molar-refractivity contribution in [2.45, 2.75) is 26.7 Å². The van der Waals surface area contributed by atoms with Crippen LogP contribution in [0.3, 0.4) is 0 Å². The van der Waals surface area contributed by atoms with Crippen molar-refractivity contribution in [3.05, 3.63) is 10.9 Å². The number of anilines is 1. The van der Waals surface area contributed by atoms with Crippen LogP contribution < -0.4 is 16.0 Å². The summed E-state index contributed by atoms with van der Waals surface area (Å²) < 4.78 is 5.68. The summed E-state index contributed by atoms with van der Waals surface area (Å²) in [5.41, 5.74) is 2.46. The summed E-state index contributed by atoms with van der Waals surface area (Å²) in [6, 6.07) is 2.04. The number of aryl methyl sites for hydroxylation is 1. The highest BCUT2D eigenvalue weighted by Gasteiger charge is 2.11. The Labute approximate surface area is 104 Å². The zero-order valence-corrected chi connectivity index (χ0v) is 10.8. The monoisotopic (exact) mass is 252 g/mol. The second-order valence-corrected chi connectivity index (χ2v) is 5.01. The van der Waals surface area contributed by atoms with E-state index in [9.17, 15) is 0 Å². The normalized spacial score (nSPS) is 10.8. The van der Waals surface area contributed by atoms with E-state index in [1.807, 2.05) is 13.0 Å². The molecule has 0 atom stereocenters. The Balaban J connectivity index is 2.36. The number of nitrogens with zero attached hydrogens (tertiary/aromatic N) is 2. The molecule has 0 radical (unpaired) electrons. The number of nitrogens with one attached hydrogen (secondary N) is 1. The number of nitrogen functional groups attached to an aromatic ring is 1. The second-order valence-electron chi connectivity index (χ2n) is 3.77. The van der Waals surface area contributed by atoms with E-state index < -0.39 is 0 Å². The molecule has 2 heterocycles. The van der Waals surface area contributed by atoms with Crippen LogP contribution in [0.5, 0.6) is 5.88 Å². The molecule has 2 aromatic rings. The molecule has 0 bridgehead atoms. The summed E-state index contributed by atoms with van der Waals surface area (Å²) in [6.07, 6.45) is 2.11. The Morgan fingerprint density at radius 3 is 3.00 bits per heavy atom.